The average molecular weight is 516 g/mol. The number of nitrogens with zero attached hydrogens (tertiary/aromatic N) is 4. The van der Waals surface area contributed by atoms with Crippen LogP contribution in [-0.2, 0) is 16.1 Å². The summed E-state index contributed by atoms with van der Waals surface area (Å²) in [5.74, 6) is 1.98. The van der Waals surface area contributed by atoms with Gasteiger partial charge in [0.05, 0.1) is 0 Å². The number of ether oxygens (including phenoxy) is 1. The first-order valence-electron chi connectivity index (χ1n) is 14.0. The van der Waals surface area contributed by atoms with E-state index >= 15 is 0 Å². The maximum atomic E-state index is 13.0. The predicted octanol–water partition coefficient (Wildman–Crippen LogP) is 2.90. The van der Waals surface area contributed by atoms with Crippen molar-refractivity contribution in [1.29, 1.82) is 0 Å². The van der Waals surface area contributed by atoms with Crippen LogP contribution >= 0.6 is 0 Å². The quantitative estimate of drug-likeness (QED) is 0.590. The van der Waals surface area contributed by atoms with Crippen LogP contribution in [0.3, 0.4) is 0 Å². The van der Waals surface area contributed by atoms with Crippen LogP contribution in [0.2, 0.25) is 0 Å². The third-order valence-electron chi connectivity index (χ3n) is 8.93. The lowest BCUT2D eigenvalue weighted by Crippen LogP contribution is -2.57. The Kier molecular flexibility index (Phi) is 5.91. The lowest BCUT2D eigenvalue weighted by molar-refractivity contribution is -0.136. The Bertz CT molecular complexity index is 1270. The first-order valence-corrected chi connectivity index (χ1v) is 14.0. The number of piperidine rings is 1. The second-order valence-electron chi connectivity index (χ2n) is 11.5. The van der Waals surface area contributed by atoms with Crippen LogP contribution in [0.5, 0.6) is 5.75 Å². The maximum absolute atomic E-state index is 13.0. The van der Waals surface area contributed by atoms with E-state index in [0.29, 0.717) is 36.4 Å². The molecule has 0 spiro atoms. The van der Waals surface area contributed by atoms with E-state index in [2.05, 4.69) is 20.2 Å². The van der Waals surface area contributed by atoms with Gasteiger partial charge in [-0.15, -0.1) is 0 Å². The number of fused-ring (bicyclic) bond motifs is 1. The lowest BCUT2D eigenvalue weighted by Gasteiger charge is -2.47. The number of hydrogen-bond acceptors (Lipinski definition) is 7. The van der Waals surface area contributed by atoms with Gasteiger partial charge < -0.3 is 9.64 Å². The van der Waals surface area contributed by atoms with Crippen LogP contribution in [0.15, 0.2) is 30.6 Å². The number of likely N-dealkylation sites (tertiary alicyclic amines) is 1. The molecule has 38 heavy (non-hydrogen) atoms. The topological polar surface area (TPSA) is 105 Å². The third kappa shape index (κ3) is 4.36. The number of hydrogen-bond donors (Lipinski definition) is 1. The number of carbonyl (C=O) groups is 3. The van der Waals surface area contributed by atoms with Gasteiger partial charge in [0.15, 0.2) is 0 Å². The Balaban J connectivity index is 0.997. The molecule has 1 N–H and O–H groups in total. The van der Waals surface area contributed by atoms with Crippen molar-refractivity contribution in [3.63, 3.8) is 0 Å². The molecule has 3 aliphatic heterocycles. The predicted molar refractivity (Wildman–Crippen MR) is 137 cm³/mol. The Morgan fingerprint density at radius 3 is 2.47 bits per heavy atom. The van der Waals surface area contributed by atoms with Gasteiger partial charge in [-0.2, -0.15) is 0 Å². The largest absolute Gasteiger partial charge is 0.489 e. The fourth-order valence-electron chi connectivity index (χ4n) is 6.56. The molecule has 2 aromatic rings. The number of nitrogens with one attached hydrogen (secondary N) is 1. The molecule has 0 radical (unpaired) electrons. The van der Waals surface area contributed by atoms with Crippen LogP contribution in [0.4, 0.5) is 0 Å². The highest BCUT2D eigenvalue weighted by atomic mass is 16.5. The van der Waals surface area contributed by atoms with Gasteiger partial charge in [0.25, 0.3) is 5.91 Å². The number of imide groups is 1. The van der Waals surface area contributed by atoms with Gasteiger partial charge in [0.2, 0.25) is 11.8 Å². The van der Waals surface area contributed by atoms with Gasteiger partial charge in [-0.1, -0.05) is 6.42 Å². The average Bonchev–Trinajstić information content (AvgIpc) is 3.69. The van der Waals surface area contributed by atoms with E-state index in [1.54, 1.807) is 4.90 Å². The van der Waals surface area contributed by atoms with E-state index in [1.165, 1.54) is 24.8 Å². The summed E-state index contributed by atoms with van der Waals surface area (Å²) in [4.78, 5) is 50.3. The molecule has 198 valence electrons. The second kappa shape index (κ2) is 9.45. The summed E-state index contributed by atoms with van der Waals surface area (Å²) >= 11 is 0. The smallest absolute Gasteiger partial charge is 0.255 e. The van der Waals surface area contributed by atoms with Gasteiger partial charge in [-0.25, -0.2) is 9.97 Å². The molecule has 4 heterocycles. The van der Waals surface area contributed by atoms with E-state index in [0.717, 1.165) is 49.5 Å². The van der Waals surface area contributed by atoms with Crippen molar-refractivity contribution in [2.75, 3.05) is 13.1 Å². The SMILES string of the molecule is O=C1CC[C@H](N2Cc3cc(O[C@H]4CCCC[C@@H]4N4CC(c5ncc(C6CC6)cn5)C4)ccc3C2=O)C(=O)N1. The number of amides is 3. The van der Waals surface area contributed by atoms with Gasteiger partial charge in [-0.05, 0) is 73.8 Å². The molecule has 9 nitrogen and oxygen atoms in total. The molecule has 3 atom stereocenters. The van der Waals surface area contributed by atoms with E-state index in [1.807, 2.05) is 30.6 Å². The molecule has 0 unspecified atom stereocenters. The van der Waals surface area contributed by atoms with Crippen molar-refractivity contribution in [1.82, 2.24) is 25.1 Å². The summed E-state index contributed by atoms with van der Waals surface area (Å²) in [7, 11) is 0. The molecule has 2 aliphatic carbocycles. The van der Waals surface area contributed by atoms with Crippen molar-refractivity contribution < 1.29 is 19.1 Å². The first kappa shape index (κ1) is 23.8. The summed E-state index contributed by atoms with van der Waals surface area (Å²) in [5, 5.41) is 2.36. The minimum absolute atomic E-state index is 0.101. The fraction of sp³-hybridized carbons (Fsp3) is 0.552. The Hall–Kier alpha value is -3.33. The van der Waals surface area contributed by atoms with Crippen molar-refractivity contribution >= 4 is 17.7 Å². The minimum Gasteiger partial charge on any atom is -0.489 e. The van der Waals surface area contributed by atoms with Crippen molar-refractivity contribution in [3.8, 4) is 5.75 Å². The highest BCUT2D eigenvalue weighted by Gasteiger charge is 2.42. The minimum atomic E-state index is -0.604. The molecule has 1 aromatic carbocycles. The molecule has 4 fully saturated rings. The van der Waals surface area contributed by atoms with Crippen molar-refractivity contribution in [2.24, 2.45) is 0 Å². The normalized spacial score (nSPS) is 28.2. The zero-order chi connectivity index (χ0) is 25.8. The molecule has 9 heteroatoms. The summed E-state index contributed by atoms with van der Waals surface area (Å²) in [5.41, 5.74) is 2.77. The Morgan fingerprint density at radius 1 is 0.921 bits per heavy atom. The second-order valence-corrected chi connectivity index (χ2v) is 11.5. The van der Waals surface area contributed by atoms with Gasteiger partial charge in [0, 0.05) is 56.0 Å². The van der Waals surface area contributed by atoms with Crippen LogP contribution in [0.25, 0.3) is 0 Å². The number of benzene rings is 1. The zero-order valence-electron chi connectivity index (χ0n) is 21.5. The molecular formula is C29H33N5O4. The van der Waals surface area contributed by atoms with Gasteiger partial charge >= 0.3 is 0 Å². The van der Waals surface area contributed by atoms with Gasteiger partial charge in [-0.3, -0.25) is 24.6 Å². The van der Waals surface area contributed by atoms with Crippen LogP contribution in [-0.4, -0.2) is 68.8 Å². The van der Waals surface area contributed by atoms with Crippen molar-refractivity contribution in [2.45, 2.75) is 87.9 Å². The molecule has 2 saturated heterocycles. The molecule has 5 aliphatic rings. The summed E-state index contributed by atoms with van der Waals surface area (Å²) in [6, 6.07) is 5.41. The molecule has 1 aromatic heterocycles. The van der Waals surface area contributed by atoms with Crippen LogP contribution < -0.4 is 10.1 Å². The highest BCUT2D eigenvalue weighted by Crippen LogP contribution is 2.40. The maximum Gasteiger partial charge on any atom is 0.255 e. The highest BCUT2D eigenvalue weighted by molar-refractivity contribution is 6.05. The van der Waals surface area contributed by atoms with E-state index in [9.17, 15) is 14.4 Å². The zero-order valence-corrected chi connectivity index (χ0v) is 21.5. The lowest BCUT2D eigenvalue weighted by atomic mass is 9.86. The van der Waals surface area contributed by atoms with Crippen molar-refractivity contribution in [3.05, 3.63) is 53.1 Å². The number of rotatable bonds is 6. The first-order chi connectivity index (χ1) is 18.5. The molecule has 2 saturated carbocycles. The van der Waals surface area contributed by atoms with Crippen LogP contribution in [0, 0.1) is 0 Å². The van der Waals surface area contributed by atoms with Crippen LogP contribution in [0.1, 0.15) is 90.5 Å². The molecule has 3 amide bonds. The summed E-state index contributed by atoms with van der Waals surface area (Å²) in [6.07, 6.45) is 11.8. The fourth-order valence-corrected chi connectivity index (χ4v) is 6.56. The number of aromatic nitrogens is 2. The molecule has 0 bridgehead atoms. The molecule has 7 rings (SSSR count). The van der Waals surface area contributed by atoms with E-state index in [4.69, 9.17) is 4.74 Å². The Labute approximate surface area is 222 Å². The van der Waals surface area contributed by atoms with Gasteiger partial charge in [0.1, 0.15) is 23.7 Å². The molecular weight excluding hydrogens is 482 g/mol. The standard InChI is InChI=1S/C29H33N5O4/c35-26-10-9-24(28(36)32-26)34-16-18-11-21(7-8-22(18)29(34)37)38-25-4-2-1-3-23(25)33-14-20(15-33)27-30-12-19(13-31-27)17-5-6-17/h7-8,11-13,17,20,23-25H,1-6,9-10,14-16H2,(H,32,35,36)/t23-,24-,25-/m0/s1. The Morgan fingerprint density at radius 2 is 1.71 bits per heavy atom. The summed E-state index contributed by atoms with van der Waals surface area (Å²) < 4.78 is 6.56. The third-order valence-corrected chi connectivity index (χ3v) is 8.93. The number of carbonyl (C=O) groups excluding carboxylic acids is 3. The van der Waals surface area contributed by atoms with E-state index in [-0.39, 0.29) is 30.2 Å². The summed E-state index contributed by atoms with van der Waals surface area (Å²) in [6.45, 7) is 2.29. The van der Waals surface area contributed by atoms with E-state index < -0.39 is 6.04 Å². The monoisotopic (exact) mass is 515 g/mol.